The quantitative estimate of drug-likeness (QED) is 0.472. The number of hydrogen-bond acceptors (Lipinski definition) is 4. The van der Waals surface area contributed by atoms with E-state index < -0.39 is 10.0 Å². The van der Waals surface area contributed by atoms with Gasteiger partial charge in [-0.05, 0) is 73.2 Å². The average molecular weight is 518 g/mol. The van der Waals surface area contributed by atoms with Crippen molar-refractivity contribution in [2.75, 3.05) is 42.4 Å². The number of rotatable bonds is 5. The third kappa shape index (κ3) is 5.02. The van der Waals surface area contributed by atoms with Crippen LogP contribution in [0.2, 0.25) is 10.0 Å². The van der Waals surface area contributed by atoms with Crippen molar-refractivity contribution < 1.29 is 13.2 Å². The van der Waals surface area contributed by atoms with Gasteiger partial charge >= 0.3 is 0 Å². The topological polar surface area (TPSA) is 60.9 Å². The van der Waals surface area contributed by atoms with Gasteiger partial charge in [-0.25, -0.2) is 8.42 Å². The summed E-state index contributed by atoms with van der Waals surface area (Å²) in [5, 5.41) is 1.16. The van der Waals surface area contributed by atoms with E-state index in [1.807, 2.05) is 23.1 Å². The van der Waals surface area contributed by atoms with Crippen LogP contribution in [0.5, 0.6) is 0 Å². The maximum Gasteiger partial charge on any atom is 0.264 e. The summed E-state index contributed by atoms with van der Waals surface area (Å²) < 4.78 is 27.0. The SMILES string of the molecule is Cc1ccc(Cl)cc1N1CCN(C(=O)c2ccc(N(C)S(=O)(=O)c3ccc(Cl)cc3)cc2)CC1. The van der Waals surface area contributed by atoms with Crippen molar-refractivity contribution in [3.8, 4) is 0 Å². The number of aryl methyl sites for hydroxylation is 1. The maximum absolute atomic E-state index is 13.0. The molecule has 178 valence electrons. The molecule has 3 aromatic rings. The largest absolute Gasteiger partial charge is 0.368 e. The summed E-state index contributed by atoms with van der Waals surface area (Å²) in [5.74, 6) is -0.0720. The summed E-state index contributed by atoms with van der Waals surface area (Å²) in [7, 11) is -2.25. The van der Waals surface area contributed by atoms with Crippen molar-refractivity contribution in [2.24, 2.45) is 0 Å². The van der Waals surface area contributed by atoms with Gasteiger partial charge in [0.1, 0.15) is 0 Å². The fraction of sp³-hybridized carbons (Fsp3) is 0.240. The molecule has 1 amide bonds. The summed E-state index contributed by atoms with van der Waals surface area (Å²) in [6.45, 7) is 4.67. The van der Waals surface area contributed by atoms with E-state index in [2.05, 4.69) is 11.8 Å². The first kappa shape index (κ1) is 24.4. The lowest BCUT2D eigenvalue weighted by molar-refractivity contribution is 0.0747. The Labute approximate surface area is 210 Å². The van der Waals surface area contributed by atoms with E-state index in [4.69, 9.17) is 23.2 Å². The first-order chi connectivity index (χ1) is 16.2. The number of hydrogen-bond donors (Lipinski definition) is 0. The van der Waals surface area contributed by atoms with Gasteiger partial charge in [0.25, 0.3) is 15.9 Å². The van der Waals surface area contributed by atoms with Crippen LogP contribution < -0.4 is 9.21 Å². The zero-order valence-corrected chi connectivity index (χ0v) is 21.2. The number of piperazine rings is 1. The third-order valence-corrected chi connectivity index (χ3v) is 8.32. The molecular formula is C25H25Cl2N3O3S. The van der Waals surface area contributed by atoms with Crippen molar-refractivity contribution in [1.82, 2.24) is 4.90 Å². The van der Waals surface area contributed by atoms with E-state index in [1.54, 1.807) is 24.3 Å². The molecule has 0 saturated carbocycles. The van der Waals surface area contributed by atoms with Crippen molar-refractivity contribution in [3.63, 3.8) is 0 Å². The minimum atomic E-state index is -3.74. The highest BCUT2D eigenvalue weighted by molar-refractivity contribution is 7.92. The molecule has 1 heterocycles. The van der Waals surface area contributed by atoms with Crippen LogP contribution in [-0.4, -0.2) is 52.5 Å². The molecule has 0 N–H and O–H groups in total. The highest BCUT2D eigenvalue weighted by atomic mass is 35.5. The number of amides is 1. The molecule has 0 unspecified atom stereocenters. The Kier molecular flexibility index (Phi) is 7.07. The minimum absolute atomic E-state index is 0.0720. The van der Waals surface area contributed by atoms with Gasteiger partial charge in [-0.1, -0.05) is 29.3 Å². The third-order valence-electron chi connectivity index (χ3n) is 6.03. The van der Waals surface area contributed by atoms with Gasteiger partial charge in [-0.2, -0.15) is 0 Å². The highest BCUT2D eigenvalue weighted by Crippen LogP contribution is 2.27. The molecule has 0 aliphatic carbocycles. The van der Waals surface area contributed by atoms with Crippen LogP contribution in [0.1, 0.15) is 15.9 Å². The van der Waals surface area contributed by atoms with Gasteiger partial charge < -0.3 is 9.80 Å². The minimum Gasteiger partial charge on any atom is -0.368 e. The summed E-state index contributed by atoms with van der Waals surface area (Å²) in [4.78, 5) is 17.2. The van der Waals surface area contributed by atoms with Crippen molar-refractivity contribution in [2.45, 2.75) is 11.8 Å². The smallest absolute Gasteiger partial charge is 0.264 e. The predicted octanol–water partition coefficient (Wildman–Crippen LogP) is 5.09. The molecule has 3 aromatic carbocycles. The molecule has 4 rings (SSSR count). The zero-order chi connectivity index (χ0) is 24.5. The number of carbonyl (C=O) groups is 1. The standard InChI is InChI=1S/C25H25Cl2N3O3S/c1-18-3-6-21(27)17-24(18)29-13-15-30(16-14-29)25(31)19-4-9-22(10-5-19)28(2)34(32,33)23-11-7-20(26)8-12-23/h3-12,17H,13-16H2,1-2H3. The molecule has 1 fully saturated rings. The molecule has 0 bridgehead atoms. The normalized spacial score (nSPS) is 14.2. The highest BCUT2D eigenvalue weighted by Gasteiger charge is 2.25. The van der Waals surface area contributed by atoms with Crippen LogP contribution in [0, 0.1) is 6.92 Å². The predicted molar refractivity (Wildman–Crippen MR) is 138 cm³/mol. The molecule has 1 aliphatic rings. The second-order valence-electron chi connectivity index (χ2n) is 8.18. The van der Waals surface area contributed by atoms with Gasteiger partial charge in [0.2, 0.25) is 0 Å². The molecule has 34 heavy (non-hydrogen) atoms. The number of anilines is 2. The zero-order valence-electron chi connectivity index (χ0n) is 18.9. The van der Waals surface area contributed by atoms with Crippen LogP contribution in [0.15, 0.2) is 71.6 Å². The first-order valence-corrected chi connectivity index (χ1v) is 13.0. The molecule has 0 atom stereocenters. The molecule has 1 aliphatic heterocycles. The van der Waals surface area contributed by atoms with Crippen LogP contribution >= 0.6 is 23.2 Å². The number of carbonyl (C=O) groups excluding carboxylic acids is 1. The number of halogens is 2. The van der Waals surface area contributed by atoms with Crippen LogP contribution in [-0.2, 0) is 10.0 Å². The first-order valence-electron chi connectivity index (χ1n) is 10.8. The van der Waals surface area contributed by atoms with Crippen LogP contribution in [0.4, 0.5) is 11.4 Å². The second-order valence-corrected chi connectivity index (χ2v) is 11.0. The lowest BCUT2D eigenvalue weighted by atomic mass is 10.1. The molecule has 0 radical (unpaired) electrons. The fourth-order valence-corrected chi connectivity index (χ4v) is 5.46. The lowest BCUT2D eigenvalue weighted by Gasteiger charge is -2.37. The second kappa shape index (κ2) is 9.86. The average Bonchev–Trinajstić information content (AvgIpc) is 2.85. The van der Waals surface area contributed by atoms with Crippen molar-refractivity contribution in [3.05, 3.63) is 87.9 Å². The Morgan fingerprint density at radius 1 is 0.853 bits per heavy atom. The summed E-state index contributed by atoms with van der Waals surface area (Å²) in [5.41, 5.74) is 3.23. The van der Waals surface area contributed by atoms with E-state index in [0.29, 0.717) is 47.5 Å². The molecule has 0 spiro atoms. The van der Waals surface area contributed by atoms with Gasteiger partial charge in [-0.15, -0.1) is 0 Å². The Bertz CT molecular complexity index is 1290. The van der Waals surface area contributed by atoms with Gasteiger partial charge in [-0.3, -0.25) is 9.10 Å². The van der Waals surface area contributed by atoms with Crippen LogP contribution in [0.3, 0.4) is 0 Å². The van der Waals surface area contributed by atoms with E-state index >= 15 is 0 Å². The Morgan fingerprint density at radius 2 is 1.44 bits per heavy atom. The summed E-state index contributed by atoms with van der Waals surface area (Å²) >= 11 is 12.0. The molecular weight excluding hydrogens is 493 g/mol. The Morgan fingerprint density at radius 3 is 2.06 bits per heavy atom. The Hall–Kier alpha value is -2.74. The van der Waals surface area contributed by atoms with Gasteiger partial charge in [0.05, 0.1) is 10.6 Å². The van der Waals surface area contributed by atoms with E-state index in [1.165, 1.54) is 35.6 Å². The molecule has 0 aromatic heterocycles. The van der Waals surface area contributed by atoms with Crippen molar-refractivity contribution in [1.29, 1.82) is 0 Å². The lowest BCUT2D eigenvalue weighted by Crippen LogP contribution is -2.49. The maximum atomic E-state index is 13.0. The Balaban J connectivity index is 1.42. The summed E-state index contributed by atoms with van der Waals surface area (Å²) in [6.07, 6.45) is 0. The van der Waals surface area contributed by atoms with Gasteiger partial charge in [0.15, 0.2) is 0 Å². The number of benzene rings is 3. The molecule has 6 nitrogen and oxygen atoms in total. The van der Waals surface area contributed by atoms with E-state index in [9.17, 15) is 13.2 Å². The van der Waals surface area contributed by atoms with E-state index in [-0.39, 0.29) is 10.8 Å². The van der Waals surface area contributed by atoms with Crippen LogP contribution in [0.25, 0.3) is 0 Å². The van der Waals surface area contributed by atoms with Gasteiger partial charge in [0, 0.05) is 54.5 Å². The number of nitrogens with zero attached hydrogens (tertiary/aromatic N) is 3. The molecule has 9 heteroatoms. The van der Waals surface area contributed by atoms with Crippen molar-refractivity contribution >= 4 is 50.5 Å². The molecule has 1 saturated heterocycles. The van der Waals surface area contributed by atoms with E-state index in [0.717, 1.165) is 11.3 Å². The number of sulfonamides is 1. The fourth-order valence-electron chi connectivity index (χ4n) is 3.97. The summed E-state index contributed by atoms with van der Waals surface area (Å²) in [6, 6.07) is 18.5. The monoisotopic (exact) mass is 517 g/mol.